The zero-order valence-corrected chi connectivity index (χ0v) is 12.5. The molecule has 2 rings (SSSR count). The number of nitrogens with two attached hydrogens (primary N) is 1. The van der Waals surface area contributed by atoms with Gasteiger partial charge < -0.3 is 20.6 Å². The van der Waals surface area contributed by atoms with E-state index in [-0.39, 0.29) is 25.7 Å². The van der Waals surface area contributed by atoms with E-state index in [1.807, 2.05) is 24.3 Å². The van der Waals surface area contributed by atoms with E-state index in [2.05, 4.69) is 9.72 Å². The van der Waals surface area contributed by atoms with Crippen molar-refractivity contribution in [3.8, 4) is 0 Å². The molecule has 122 valence electrons. The van der Waals surface area contributed by atoms with E-state index in [0.717, 1.165) is 16.5 Å². The van der Waals surface area contributed by atoms with Gasteiger partial charge in [0.05, 0.1) is 0 Å². The monoisotopic (exact) mass is 318 g/mol. The second-order valence-electron chi connectivity index (χ2n) is 5.21. The molecule has 1 aromatic heterocycles. The molecule has 1 aromatic carbocycles. The van der Waals surface area contributed by atoms with Crippen molar-refractivity contribution in [2.24, 2.45) is 5.73 Å². The fraction of sp³-hybridized carbons (Fsp3) is 0.312. The first kappa shape index (κ1) is 16.7. The third-order valence-corrected chi connectivity index (χ3v) is 3.40. The molecule has 7 nitrogen and oxygen atoms in total. The molecule has 2 aromatic rings. The summed E-state index contributed by atoms with van der Waals surface area (Å²) >= 11 is 0. The zero-order valence-electron chi connectivity index (χ0n) is 12.5. The molecule has 0 spiro atoms. The number of hydrogen-bond acceptors (Lipinski definition) is 5. The van der Waals surface area contributed by atoms with E-state index in [1.54, 1.807) is 6.20 Å². The molecule has 23 heavy (non-hydrogen) atoms. The van der Waals surface area contributed by atoms with Crippen LogP contribution < -0.4 is 5.73 Å². The highest BCUT2D eigenvalue weighted by molar-refractivity contribution is 5.89. The summed E-state index contributed by atoms with van der Waals surface area (Å²) in [4.78, 5) is 36.7. The van der Waals surface area contributed by atoms with Crippen LogP contribution >= 0.6 is 0 Å². The first-order chi connectivity index (χ1) is 11.0. The van der Waals surface area contributed by atoms with E-state index >= 15 is 0 Å². The van der Waals surface area contributed by atoms with Crippen LogP contribution in [0.25, 0.3) is 10.9 Å². The largest absolute Gasteiger partial charge is 0.481 e. The van der Waals surface area contributed by atoms with Crippen molar-refractivity contribution >= 4 is 28.8 Å². The number of carboxylic acid groups (broad SMARTS) is 1. The highest BCUT2D eigenvalue weighted by atomic mass is 16.6. The molecule has 0 saturated carbocycles. The normalized spacial score (nSPS) is 12.0. The summed E-state index contributed by atoms with van der Waals surface area (Å²) in [7, 11) is 0. The number of hydrogen-bond donors (Lipinski definition) is 3. The van der Waals surface area contributed by atoms with Crippen LogP contribution in [0.3, 0.4) is 0 Å². The Balaban J connectivity index is 1.87. The number of aliphatic carboxylic acids is 1. The summed E-state index contributed by atoms with van der Waals surface area (Å²) in [5, 5.41) is 9.45. The predicted molar refractivity (Wildman–Crippen MR) is 82.6 cm³/mol. The van der Waals surface area contributed by atoms with Crippen molar-refractivity contribution in [1.82, 2.24) is 4.98 Å². The summed E-state index contributed by atoms with van der Waals surface area (Å²) in [5.41, 5.74) is 7.59. The Kier molecular flexibility index (Phi) is 5.48. The van der Waals surface area contributed by atoms with Crippen molar-refractivity contribution in [3.63, 3.8) is 0 Å². The lowest BCUT2D eigenvalue weighted by molar-refractivity contribution is -0.160. The molecule has 0 aliphatic heterocycles. The molecule has 0 fully saturated rings. The summed E-state index contributed by atoms with van der Waals surface area (Å²) in [5.74, 6) is -2.57. The van der Waals surface area contributed by atoms with Crippen LogP contribution in [0.4, 0.5) is 0 Å². The van der Waals surface area contributed by atoms with Gasteiger partial charge in [-0.2, -0.15) is 0 Å². The minimum absolute atomic E-state index is 0.124. The zero-order chi connectivity index (χ0) is 16.8. The second-order valence-corrected chi connectivity index (χ2v) is 5.21. The van der Waals surface area contributed by atoms with Crippen LogP contribution in [0.2, 0.25) is 0 Å². The number of fused-ring (bicyclic) bond motifs is 1. The van der Waals surface area contributed by atoms with Crippen molar-refractivity contribution < 1.29 is 24.2 Å². The molecule has 0 amide bonds. The van der Waals surface area contributed by atoms with Gasteiger partial charge in [-0.3, -0.25) is 9.59 Å². The predicted octanol–water partition coefficient (Wildman–Crippen LogP) is 1.36. The minimum Gasteiger partial charge on any atom is -0.481 e. The number of carboxylic acids is 1. The van der Waals surface area contributed by atoms with Crippen molar-refractivity contribution in [1.29, 1.82) is 0 Å². The van der Waals surface area contributed by atoms with Crippen LogP contribution in [-0.2, 0) is 25.5 Å². The Hall–Kier alpha value is -2.67. The maximum Gasteiger partial charge on any atom is 0.330 e. The van der Waals surface area contributed by atoms with Gasteiger partial charge in [0.15, 0.2) is 0 Å². The number of aromatic nitrogens is 1. The fourth-order valence-corrected chi connectivity index (χ4v) is 2.24. The molecule has 0 bridgehead atoms. The number of rotatable bonds is 7. The van der Waals surface area contributed by atoms with E-state index in [0.29, 0.717) is 0 Å². The highest BCUT2D eigenvalue weighted by Crippen LogP contribution is 2.19. The Bertz CT molecular complexity index is 722. The lowest BCUT2D eigenvalue weighted by atomic mass is 10.1. The molecular formula is C16H18N2O5. The smallest absolute Gasteiger partial charge is 0.330 e. The average Bonchev–Trinajstić information content (AvgIpc) is 2.90. The molecule has 0 aliphatic carbocycles. The minimum atomic E-state index is -1.000. The number of carbonyl (C=O) groups is 3. The first-order valence-electron chi connectivity index (χ1n) is 7.24. The second kappa shape index (κ2) is 7.55. The number of ether oxygens (including phenoxy) is 1. The van der Waals surface area contributed by atoms with Gasteiger partial charge in [-0.15, -0.1) is 0 Å². The van der Waals surface area contributed by atoms with E-state index in [1.165, 1.54) is 0 Å². The van der Waals surface area contributed by atoms with Gasteiger partial charge in [-0.1, -0.05) is 18.2 Å². The van der Waals surface area contributed by atoms with Gasteiger partial charge in [0.1, 0.15) is 6.04 Å². The van der Waals surface area contributed by atoms with Crippen LogP contribution in [0.15, 0.2) is 30.5 Å². The molecule has 1 heterocycles. The fourth-order valence-electron chi connectivity index (χ4n) is 2.24. The van der Waals surface area contributed by atoms with Gasteiger partial charge in [-0.25, -0.2) is 4.79 Å². The van der Waals surface area contributed by atoms with Crippen LogP contribution in [0, 0.1) is 0 Å². The topological polar surface area (TPSA) is 122 Å². The lowest BCUT2D eigenvalue weighted by Crippen LogP contribution is -2.35. The van der Waals surface area contributed by atoms with Gasteiger partial charge in [0, 0.05) is 36.4 Å². The number of nitrogens with one attached hydrogen (secondary N) is 1. The van der Waals surface area contributed by atoms with Gasteiger partial charge in [0.25, 0.3) is 0 Å². The lowest BCUT2D eigenvalue weighted by Gasteiger charge is -2.09. The van der Waals surface area contributed by atoms with E-state index < -0.39 is 23.9 Å². The van der Waals surface area contributed by atoms with Crippen LogP contribution in [-0.4, -0.2) is 34.0 Å². The van der Waals surface area contributed by atoms with Crippen LogP contribution in [0.1, 0.15) is 24.8 Å². The van der Waals surface area contributed by atoms with Crippen molar-refractivity contribution in [3.05, 3.63) is 36.0 Å². The molecular weight excluding hydrogens is 300 g/mol. The first-order valence-corrected chi connectivity index (χ1v) is 7.24. The van der Waals surface area contributed by atoms with Crippen molar-refractivity contribution in [2.75, 3.05) is 0 Å². The number of aromatic amines is 1. The number of benzene rings is 1. The Morgan fingerprint density at radius 3 is 2.70 bits per heavy atom. The number of carbonyl (C=O) groups excluding carboxylic acids is 2. The molecule has 1 atom stereocenters. The summed E-state index contributed by atoms with van der Waals surface area (Å²) in [6, 6.07) is 6.64. The number of para-hydroxylation sites is 1. The molecule has 0 unspecified atom stereocenters. The molecule has 4 N–H and O–H groups in total. The quantitative estimate of drug-likeness (QED) is 0.523. The molecule has 0 saturated heterocycles. The average molecular weight is 318 g/mol. The Labute approximate surface area is 132 Å². The van der Waals surface area contributed by atoms with Gasteiger partial charge in [0.2, 0.25) is 0 Å². The molecule has 0 aliphatic rings. The SMILES string of the molecule is N[C@@H](Cc1c[nH]c2ccccc12)C(=O)OC(=O)CCCC(=O)O. The number of H-pyrrole nitrogens is 1. The van der Waals surface area contributed by atoms with Gasteiger partial charge >= 0.3 is 17.9 Å². The third kappa shape index (κ3) is 4.65. The highest BCUT2D eigenvalue weighted by Gasteiger charge is 2.20. The summed E-state index contributed by atoms with van der Waals surface area (Å²) in [6.45, 7) is 0. The van der Waals surface area contributed by atoms with Crippen LogP contribution in [0.5, 0.6) is 0 Å². The van der Waals surface area contributed by atoms with Gasteiger partial charge in [-0.05, 0) is 18.1 Å². The molecule has 0 radical (unpaired) electrons. The standard InChI is InChI=1S/C16H18N2O5/c17-12(16(22)23-15(21)7-3-6-14(19)20)8-10-9-18-13-5-2-1-4-11(10)13/h1-2,4-5,9,12,18H,3,6-8,17H2,(H,19,20)/t12-/m0/s1. The summed E-state index contributed by atoms with van der Waals surface area (Å²) in [6.07, 6.45) is 1.86. The van der Waals surface area contributed by atoms with E-state index in [4.69, 9.17) is 10.8 Å². The number of esters is 2. The Morgan fingerprint density at radius 2 is 1.96 bits per heavy atom. The maximum atomic E-state index is 11.8. The van der Waals surface area contributed by atoms with E-state index in [9.17, 15) is 14.4 Å². The Morgan fingerprint density at radius 1 is 1.22 bits per heavy atom. The summed E-state index contributed by atoms with van der Waals surface area (Å²) < 4.78 is 4.65. The van der Waals surface area contributed by atoms with Crippen molar-refractivity contribution in [2.45, 2.75) is 31.7 Å². The molecule has 7 heteroatoms. The maximum absolute atomic E-state index is 11.8. The third-order valence-electron chi connectivity index (χ3n) is 3.40.